The fourth-order valence-electron chi connectivity index (χ4n) is 3.76. The van der Waals surface area contributed by atoms with Crippen molar-refractivity contribution in [2.75, 3.05) is 13.7 Å². The fourth-order valence-corrected chi connectivity index (χ4v) is 3.76. The van der Waals surface area contributed by atoms with Crippen LogP contribution in [-0.4, -0.2) is 13.7 Å². The Balaban J connectivity index is 1.94. The summed E-state index contributed by atoms with van der Waals surface area (Å²) in [7, 11) is 1.51. The van der Waals surface area contributed by atoms with E-state index in [1.165, 1.54) is 39.2 Å². The molecule has 0 unspecified atom stereocenters. The second-order valence-corrected chi connectivity index (χ2v) is 6.84. The summed E-state index contributed by atoms with van der Waals surface area (Å²) in [6.07, 6.45) is 6.54. The minimum Gasteiger partial charge on any atom is -0.494 e. The summed E-state index contributed by atoms with van der Waals surface area (Å²) in [6.45, 7) is 6.15. The van der Waals surface area contributed by atoms with Crippen LogP contribution in [0.3, 0.4) is 0 Å². The average molecular weight is 293 g/mol. The lowest BCUT2D eigenvalue weighted by molar-refractivity contribution is 0.223. The third-order valence-electron chi connectivity index (χ3n) is 4.58. The van der Waals surface area contributed by atoms with Crippen LogP contribution in [0.1, 0.15) is 51.5 Å². The van der Waals surface area contributed by atoms with Gasteiger partial charge in [-0.2, -0.15) is 0 Å². The summed E-state index contributed by atoms with van der Waals surface area (Å²) < 4.78 is 19.1. The fraction of sp³-hybridized carbons (Fsp3) is 0.667. The summed E-state index contributed by atoms with van der Waals surface area (Å²) in [4.78, 5) is 0. The lowest BCUT2D eigenvalue weighted by atomic mass is 9.78. The highest BCUT2D eigenvalue weighted by Crippen LogP contribution is 2.42. The molecule has 2 nitrogen and oxygen atoms in total. The van der Waals surface area contributed by atoms with E-state index in [2.05, 4.69) is 19.2 Å². The number of benzene rings is 1. The first-order chi connectivity index (χ1) is 10.1. The van der Waals surface area contributed by atoms with Gasteiger partial charge in [0.05, 0.1) is 7.11 Å². The molecule has 0 amide bonds. The Morgan fingerprint density at radius 1 is 1.29 bits per heavy atom. The number of ether oxygens (including phenoxy) is 1. The van der Waals surface area contributed by atoms with E-state index in [0.717, 1.165) is 12.5 Å². The van der Waals surface area contributed by atoms with Gasteiger partial charge in [-0.25, -0.2) is 4.39 Å². The normalized spacial score (nSPS) is 17.4. The minimum absolute atomic E-state index is 0.239. The van der Waals surface area contributed by atoms with Gasteiger partial charge in [0.1, 0.15) is 0 Å². The van der Waals surface area contributed by atoms with Gasteiger partial charge in [-0.05, 0) is 36.7 Å². The minimum atomic E-state index is -0.239. The lowest BCUT2D eigenvalue weighted by Gasteiger charge is -2.31. The molecule has 0 saturated heterocycles. The van der Waals surface area contributed by atoms with Crippen molar-refractivity contribution < 1.29 is 9.13 Å². The molecule has 0 spiro atoms. The largest absolute Gasteiger partial charge is 0.494 e. The highest BCUT2D eigenvalue weighted by Gasteiger charge is 2.33. The predicted molar refractivity (Wildman–Crippen MR) is 85.0 cm³/mol. The number of halogens is 1. The number of hydrogen-bond donors (Lipinski definition) is 1. The van der Waals surface area contributed by atoms with Crippen LogP contribution < -0.4 is 10.1 Å². The van der Waals surface area contributed by atoms with E-state index in [1.807, 2.05) is 12.1 Å². The Morgan fingerprint density at radius 2 is 2.00 bits per heavy atom. The monoisotopic (exact) mass is 293 g/mol. The molecule has 0 atom stereocenters. The van der Waals surface area contributed by atoms with E-state index in [0.29, 0.717) is 23.3 Å². The van der Waals surface area contributed by atoms with E-state index in [4.69, 9.17) is 4.74 Å². The maximum atomic E-state index is 14.1. The second-order valence-electron chi connectivity index (χ2n) is 6.84. The van der Waals surface area contributed by atoms with Gasteiger partial charge in [0.25, 0.3) is 0 Å². The Morgan fingerprint density at radius 3 is 2.62 bits per heavy atom. The van der Waals surface area contributed by atoms with Crippen molar-refractivity contribution in [2.24, 2.45) is 11.3 Å². The van der Waals surface area contributed by atoms with Crippen LogP contribution in [-0.2, 0) is 6.54 Å². The third-order valence-corrected chi connectivity index (χ3v) is 4.58. The lowest BCUT2D eigenvalue weighted by Crippen LogP contribution is -2.33. The Bertz CT molecular complexity index is 453. The van der Waals surface area contributed by atoms with Crippen LogP contribution in [0, 0.1) is 17.2 Å². The molecule has 1 aromatic carbocycles. The first-order valence-electron chi connectivity index (χ1n) is 8.08. The highest BCUT2D eigenvalue weighted by molar-refractivity contribution is 5.30. The van der Waals surface area contributed by atoms with Crippen LogP contribution in [0.5, 0.6) is 5.75 Å². The zero-order chi connectivity index (χ0) is 15.3. The smallest absolute Gasteiger partial charge is 0.169 e. The van der Waals surface area contributed by atoms with Crippen molar-refractivity contribution in [3.05, 3.63) is 29.6 Å². The summed E-state index contributed by atoms with van der Waals surface area (Å²) in [5.41, 5.74) is 1.11. The molecule has 0 heterocycles. The molecule has 1 fully saturated rings. The molecule has 0 aromatic heterocycles. The Labute approximate surface area is 128 Å². The standard InChI is InChI=1S/C18H28FNO/c1-14(2)11-18(9-4-5-10-18)13-20-12-15-7-6-8-16(21-3)17(15)19/h6-8,14,20H,4-5,9-13H2,1-3H3. The van der Waals surface area contributed by atoms with Crippen molar-refractivity contribution in [3.63, 3.8) is 0 Å². The van der Waals surface area contributed by atoms with Crippen LogP contribution in [0.2, 0.25) is 0 Å². The van der Waals surface area contributed by atoms with E-state index >= 15 is 0 Å². The van der Waals surface area contributed by atoms with Gasteiger partial charge in [-0.1, -0.05) is 38.8 Å². The first-order valence-corrected chi connectivity index (χ1v) is 8.08. The topological polar surface area (TPSA) is 21.3 Å². The molecule has 0 bridgehead atoms. The number of nitrogens with one attached hydrogen (secondary N) is 1. The zero-order valence-electron chi connectivity index (χ0n) is 13.5. The van der Waals surface area contributed by atoms with Gasteiger partial charge < -0.3 is 10.1 Å². The molecule has 1 N–H and O–H groups in total. The summed E-state index contributed by atoms with van der Waals surface area (Å²) in [5, 5.41) is 3.49. The predicted octanol–water partition coefficient (Wildman–Crippen LogP) is 4.53. The molecule has 21 heavy (non-hydrogen) atoms. The Hall–Kier alpha value is -1.09. The van der Waals surface area contributed by atoms with E-state index in [-0.39, 0.29) is 5.82 Å². The average Bonchev–Trinajstić information content (AvgIpc) is 2.88. The summed E-state index contributed by atoms with van der Waals surface area (Å²) >= 11 is 0. The molecule has 2 rings (SSSR count). The number of rotatable bonds is 7. The molecule has 1 aromatic rings. The first kappa shape index (κ1) is 16.3. The van der Waals surface area contributed by atoms with Crippen molar-refractivity contribution in [3.8, 4) is 5.75 Å². The van der Waals surface area contributed by atoms with E-state index in [1.54, 1.807) is 6.07 Å². The third kappa shape index (κ3) is 4.19. The van der Waals surface area contributed by atoms with Crippen LogP contribution >= 0.6 is 0 Å². The van der Waals surface area contributed by atoms with Gasteiger partial charge in [0, 0.05) is 18.7 Å². The Kier molecular flexibility index (Phi) is 5.63. The number of hydrogen-bond acceptors (Lipinski definition) is 2. The van der Waals surface area contributed by atoms with Crippen LogP contribution in [0.25, 0.3) is 0 Å². The van der Waals surface area contributed by atoms with Crippen molar-refractivity contribution in [2.45, 2.75) is 52.5 Å². The molecule has 1 aliphatic carbocycles. The maximum absolute atomic E-state index is 14.1. The van der Waals surface area contributed by atoms with Gasteiger partial charge in [-0.3, -0.25) is 0 Å². The maximum Gasteiger partial charge on any atom is 0.169 e. The van der Waals surface area contributed by atoms with E-state index in [9.17, 15) is 4.39 Å². The molecule has 0 aliphatic heterocycles. The van der Waals surface area contributed by atoms with Crippen molar-refractivity contribution in [1.29, 1.82) is 0 Å². The van der Waals surface area contributed by atoms with Gasteiger partial charge >= 0.3 is 0 Å². The molecule has 0 radical (unpaired) electrons. The highest BCUT2D eigenvalue weighted by atomic mass is 19.1. The van der Waals surface area contributed by atoms with E-state index < -0.39 is 0 Å². The molecule has 1 saturated carbocycles. The second kappa shape index (κ2) is 7.26. The van der Waals surface area contributed by atoms with Gasteiger partial charge in [0.15, 0.2) is 11.6 Å². The van der Waals surface area contributed by atoms with Gasteiger partial charge in [0.2, 0.25) is 0 Å². The number of methoxy groups -OCH3 is 1. The van der Waals surface area contributed by atoms with Crippen molar-refractivity contribution in [1.82, 2.24) is 5.32 Å². The zero-order valence-corrected chi connectivity index (χ0v) is 13.5. The van der Waals surface area contributed by atoms with Crippen LogP contribution in [0.4, 0.5) is 4.39 Å². The summed E-state index contributed by atoms with van der Waals surface area (Å²) in [6, 6.07) is 5.34. The van der Waals surface area contributed by atoms with Crippen LogP contribution in [0.15, 0.2) is 18.2 Å². The SMILES string of the molecule is COc1cccc(CNCC2(CC(C)C)CCCC2)c1F. The molecular formula is C18H28FNO. The van der Waals surface area contributed by atoms with Gasteiger partial charge in [-0.15, -0.1) is 0 Å². The molecule has 118 valence electrons. The molecule has 1 aliphatic rings. The summed E-state index contributed by atoms with van der Waals surface area (Å²) in [5.74, 6) is 0.808. The molecule has 3 heteroatoms. The molecular weight excluding hydrogens is 265 g/mol. The quantitative estimate of drug-likeness (QED) is 0.797. The van der Waals surface area contributed by atoms with Crippen molar-refractivity contribution >= 4 is 0 Å².